The minimum atomic E-state index is -4.72. The van der Waals surface area contributed by atoms with Gasteiger partial charge in [0.2, 0.25) is 0 Å². The van der Waals surface area contributed by atoms with E-state index in [-0.39, 0.29) is 18.9 Å². The first-order valence-electron chi connectivity index (χ1n) is 8.85. The van der Waals surface area contributed by atoms with Crippen LogP contribution in [-0.2, 0) is 34.6 Å². The van der Waals surface area contributed by atoms with Crippen LogP contribution in [0.5, 0.6) is 0 Å². The zero-order chi connectivity index (χ0) is 24.0. The van der Waals surface area contributed by atoms with Crippen LogP contribution in [0.3, 0.4) is 0 Å². The van der Waals surface area contributed by atoms with Gasteiger partial charge >= 0.3 is 25.0 Å². The van der Waals surface area contributed by atoms with Gasteiger partial charge in [0.25, 0.3) is 0 Å². The maximum atomic E-state index is 11.9. The number of methoxy groups -OCH3 is 4. The Balaban J connectivity index is -0.000000400. The van der Waals surface area contributed by atoms with E-state index < -0.39 is 23.4 Å². The molecule has 1 rings (SSSR count). The number of halogens is 3. The molecule has 1 aromatic heterocycles. The molecule has 32 heavy (non-hydrogen) atoms. The van der Waals surface area contributed by atoms with Gasteiger partial charge in [-0.1, -0.05) is 0 Å². The summed E-state index contributed by atoms with van der Waals surface area (Å²) in [6.07, 6.45) is -4.72. The average molecular weight is 460 g/mol. The van der Waals surface area contributed by atoms with Gasteiger partial charge in [-0.25, -0.2) is 0 Å². The standard InChI is InChI=1S/C6F3N4.2C6H14O3.Li/c7-6(8,9)5-12-3(1-10)4(2-11)13-5;2*1-7-3-5-9-6-4-8-2;/h;2*3-6H2,1-2H3;/q-1;;;+1. The first-order chi connectivity index (χ1) is 14.8. The van der Waals surface area contributed by atoms with Crippen LogP contribution in [0.15, 0.2) is 0 Å². The SMILES string of the molecule is COCCOCCOC.COCCOCCOC.N#Cc1nc(C(F)(F)F)[n-]c1C#N.[Li+]. The van der Waals surface area contributed by atoms with Crippen LogP contribution in [0.2, 0.25) is 0 Å². The molecule has 1 heterocycles. The molecule has 0 atom stereocenters. The molecule has 10 nitrogen and oxygen atoms in total. The fourth-order valence-electron chi connectivity index (χ4n) is 1.40. The van der Waals surface area contributed by atoms with Gasteiger partial charge in [-0.15, -0.1) is 0 Å². The van der Waals surface area contributed by atoms with Crippen molar-refractivity contribution in [2.75, 3.05) is 81.3 Å². The molecule has 0 radical (unpaired) electrons. The number of nitriles is 2. The summed E-state index contributed by atoms with van der Waals surface area (Å²) in [7, 11) is 6.61. The van der Waals surface area contributed by atoms with Gasteiger partial charge in [-0.3, -0.25) is 0 Å². The quantitative estimate of drug-likeness (QED) is 0.265. The Bertz CT molecular complexity index is 578. The summed E-state index contributed by atoms with van der Waals surface area (Å²) in [6, 6.07) is 2.69. The maximum absolute atomic E-state index is 11.9. The molecule has 0 aromatic carbocycles. The second-order valence-corrected chi connectivity index (χ2v) is 5.16. The van der Waals surface area contributed by atoms with Crippen molar-refractivity contribution < 1.29 is 60.5 Å². The third kappa shape index (κ3) is 20.3. The largest absolute Gasteiger partial charge is 1.00 e. The number of hydrogen-bond donors (Lipinski definition) is 0. The topological polar surface area (TPSA) is 130 Å². The molecular weight excluding hydrogens is 432 g/mol. The number of alkyl halides is 3. The Morgan fingerprint density at radius 2 is 1.12 bits per heavy atom. The third-order valence-corrected chi connectivity index (χ3v) is 2.85. The first kappa shape index (κ1) is 34.9. The Kier molecular flexibility index (Phi) is 26.2. The van der Waals surface area contributed by atoms with Crippen molar-refractivity contribution in [1.29, 1.82) is 10.5 Å². The molecule has 178 valence electrons. The Labute approximate surface area is 198 Å². The summed E-state index contributed by atoms with van der Waals surface area (Å²) in [5, 5.41) is 16.5. The summed E-state index contributed by atoms with van der Waals surface area (Å²) in [6.45, 7) is 5.24. The number of hydrogen-bond acceptors (Lipinski definition) is 9. The van der Waals surface area contributed by atoms with E-state index in [2.05, 4.69) is 9.97 Å². The summed E-state index contributed by atoms with van der Waals surface area (Å²) in [5.74, 6) is -1.46. The van der Waals surface area contributed by atoms with Crippen molar-refractivity contribution in [3.63, 3.8) is 0 Å². The van der Waals surface area contributed by atoms with Gasteiger partial charge in [0.05, 0.1) is 76.4 Å². The third-order valence-electron chi connectivity index (χ3n) is 2.85. The molecule has 0 aliphatic rings. The summed E-state index contributed by atoms with van der Waals surface area (Å²) < 4.78 is 64.9. The molecule has 0 saturated heterocycles. The van der Waals surface area contributed by atoms with Crippen LogP contribution in [-0.4, -0.2) is 86.3 Å². The zero-order valence-electron chi connectivity index (χ0n) is 19.0. The smallest absolute Gasteiger partial charge is 0.422 e. The molecule has 0 unspecified atom stereocenters. The van der Waals surface area contributed by atoms with E-state index in [4.69, 9.17) is 38.9 Å². The number of nitrogens with zero attached hydrogens (tertiary/aromatic N) is 4. The molecule has 0 spiro atoms. The molecule has 0 aliphatic heterocycles. The van der Waals surface area contributed by atoms with Crippen LogP contribution in [0.4, 0.5) is 13.2 Å². The predicted octanol–water partition coefficient (Wildman–Crippen LogP) is -1.60. The van der Waals surface area contributed by atoms with E-state index in [1.807, 2.05) is 0 Å². The van der Waals surface area contributed by atoms with Crippen LogP contribution in [0, 0.1) is 22.7 Å². The van der Waals surface area contributed by atoms with E-state index in [1.165, 1.54) is 12.1 Å². The number of ether oxygens (including phenoxy) is 6. The molecule has 14 heteroatoms. The maximum Gasteiger partial charge on any atom is 1.00 e. The van der Waals surface area contributed by atoms with Crippen molar-refractivity contribution in [2.24, 2.45) is 0 Å². The number of aromatic nitrogens is 2. The van der Waals surface area contributed by atoms with E-state index in [1.54, 1.807) is 28.4 Å². The van der Waals surface area contributed by atoms with Gasteiger partial charge in [0.1, 0.15) is 0 Å². The van der Waals surface area contributed by atoms with Crippen molar-refractivity contribution >= 4 is 0 Å². The molecular formula is C18H28F3LiN4O6. The number of imidazole rings is 1. The second-order valence-electron chi connectivity index (χ2n) is 5.16. The summed E-state index contributed by atoms with van der Waals surface area (Å²) in [5.41, 5.74) is -1.20. The average Bonchev–Trinajstić information content (AvgIpc) is 3.19. The zero-order valence-corrected chi connectivity index (χ0v) is 19.0. The molecule has 0 saturated carbocycles. The van der Waals surface area contributed by atoms with E-state index in [0.29, 0.717) is 52.9 Å². The second kappa shape index (κ2) is 24.0. The summed E-state index contributed by atoms with van der Waals surface area (Å²) >= 11 is 0. The van der Waals surface area contributed by atoms with Gasteiger partial charge in [0.15, 0.2) is 0 Å². The molecule has 1 aromatic rings. The molecule has 0 N–H and O–H groups in total. The molecule has 0 fully saturated rings. The fourth-order valence-corrected chi connectivity index (χ4v) is 1.40. The van der Waals surface area contributed by atoms with Crippen molar-refractivity contribution in [3.8, 4) is 12.1 Å². The van der Waals surface area contributed by atoms with E-state index >= 15 is 0 Å². The van der Waals surface area contributed by atoms with Gasteiger partial charge in [-0.05, 0) is 0 Å². The van der Waals surface area contributed by atoms with Crippen molar-refractivity contribution in [3.05, 3.63) is 17.2 Å². The molecule has 0 bridgehead atoms. The van der Waals surface area contributed by atoms with Gasteiger partial charge in [-0.2, -0.15) is 23.7 Å². The summed E-state index contributed by atoms with van der Waals surface area (Å²) in [4.78, 5) is 5.70. The normalized spacial score (nSPS) is 9.91. The first-order valence-corrected chi connectivity index (χ1v) is 8.85. The van der Waals surface area contributed by atoms with Crippen LogP contribution in [0.1, 0.15) is 17.2 Å². The fraction of sp³-hybridized carbons (Fsp3) is 0.722. The van der Waals surface area contributed by atoms with Gasteiger partial charge < -0.3 is 38.4 Å². The van der Waals surface area contributed by atoms with Crippen LogP contribution >= 0.6 is 0 Å². The molecule has 0 amide bonds. The van der Waals surface area contributed by atoms with Gasteiger partial charge in [0, 0.05) is 34.3 Å². The minimum Gasteiger partial charge on any atom is -0.422 e. The molecule has 0 aliphatic carbocycles. The monoisotopic (exact) mass is 460 g/mol. The Morgan fingerprint density at radius 1 is 0.750 bits per heavy atom. The minimum absolute atomic E-state index is 0. The predicted molar refractivity (Wildman–Crippen MR) is 101 cm³/mol. The van der Waals surface area contributed by atoms with Crippen molar-refractivity contribution in [1.82, 2.24) is 9.97 Å². The van der Waals surface area contributed by atoms with Crippen LogP contribution in [0.25, 0.3) is 0 Å². The Morgan fingerprint density at radius 3 is 1.34 bits per heavy atom. The Hall–Kier alpha value is -1.66. The number of rotatable bonds is 12. The van der Waals surface area contributed by atoms with Crippen LogP contribution < -0.4 is 23.8 Å². The van der Waals surface area contributed by atoms with E-state index in [9.17, 15) is 13.2 Å². The van der Waals surface area contributed by atoms with E-state index in [0.717, 1.165) is 0 Å². The van der Waals surface area contributed by atoms with Crippen molar-refractivity contribution in [2.45, 2.75) is 6.18 Å².